The highest BCUT2D eigenvalue weighted by Gasteiger charge is 2.24. The second-order valence-electron chi connectivity index (χ2n) is 6.76. The number of fused-ring (bicyclic) bond motifs is 1. The standard InChI is InChI=1S/C20H20N4O2/c1-24(2)19-15-11-12(20(26)21-13-8-9-13)7-10-16(15)22-18(23-19)14-5-3-4-6-17(14)25/h3-7,10-11,13,25H,8-9H2,1-2H3,(H,21,26). The van der Waals surface area contributed by atoms with Crippen LogP contribution in [0.4, 0.5) is 5.82 Å². The first-order valence-electron chi connectivity index (χ1n) is 8.61. The molecule has 6 nitrogen and oxygen atoms in total. The Balaban J connectivity index is 1.83. The zero-order valence-corrected chi connectivity index (χ0v) is 14.7. The van der Waals surface area contributed by atoms with Crippen LogP contribution in [0.1, 0.15) is 23.2 Å². The molecule has 0 aliphatic heterocycles. The molecule has 26 heavy (non-hydrogen) atoms. The van der Waals surface area contributed by atoms with Gasteiger partial charge in [-0.2, -0.15) is 0 Å². The molecule has 132 valence electrons. The molecule has 1 fully saturated rings. The number of anilines is 1. The Kier molecular flexibility index (Phi) is 3.95. The van der Waals surface area contributed by atoms with Crippen molar-refractivity contribution < 1.29 is 9.90 Å². The van der Waals surface area contributed by atoms with E-state index in [2.05, 4.69) is 15.3 Å². The van der Waals surface area contributed by atoms with Crippen molar-refractivity contribution in [3.05, 3.63) is 48.0 Å². The van der Waals surface area contributed by atoms with E-state index in [4.69, 9.17) is 0 Å². The summed E-state index contributed by atoms with van der Waals surface area (Å²) in [5.41, 5.74) is 1.91. The lowest BCUT2D eigenvalue weighted by molar-refractivity contribution is 0.0951. The molecule has 1 saturated carbocycles. The van der Waals surface area contributed by atoms with Gasteiger partial charge in [-0.1, -0.05) is 12.1 Å². The lowest BCUT2D eigenvalue weighted by Gasteiger charge is -2.16. The number of phenolic OH excluding ortho intramolecular Hbond substituents is 1. The number of aromatic nitrogens is 2. The third-order valence-electron chi connectivity index (χ3n) is 4.42. The van der Waals surface area contributed by atoms with Crippen molar-refractivity contribution in [3.63, 3.8) is 0 Å². The minimum atomic E-state index is -0.0658. The number of carbonyl (C=O) groups is 1. The van der Waals surface area contributed by atoms with Crippen molar-refractivity contribution in [1.29, 1.82) is 0 Å². The van der Waals surface area contributed by atoms with Crippen LogP contribution in [-0.4, -0.2) is 41.1 Å². The number of carbonyl (C=O) groups excluding carboxylic acids is 1. The summed E-state index contributed by atoms with van der Waals surface area (Å²) in [6.07, 6.45) is 2.10. The number of para-hydroxylation sites is 1. The summed E-state index contributed by atoms with van der Waals surface area (Å²) in [6, 6.07) is 12.7. The van der Waals surface area contributed by atoms with Crippen molar-refractivity contribution in [1.82, 2.24) is 15.3 Å². The molecule has 2 aromatic carbocycles. The van der Waals surface area contributed by atoms with E-state index >= 15 is 0 Å². The van der Waals surface area contributed by atoms with Gasteiger partial charge in [0.15, 0.2) is 5.82 Å². The maximum Gasteiger partial charge on any atom is 0.251 e. The van der Waals surface area contributed by atoms with E-state index in [9.17, 15) is 9.90 Å². The summed E-state index contributed by atoms with van der Waals surface area (Å²) < 4.78 is 0. The number of nitrogens with one attached hydrogen (secondary N) is 1. The molecule has 0 saturated heterocycles. The van der Waals surface area contributed by atoms with Crippen molar-refractivity contribution in [2.75, 3.05) is 19.0 Å². The smallest absolute Gasteiger partial charge is 0.251 e. The van der Waals surface area contributed by atoms with Gasteiger partial charge in [0.1, 0.15) is 11.6 Å². The minimum Gasteiger partial charge on any atom is -0.507 e. The van der Waals surface area contributed by atoms with Gasteiger partial charge in [-0.15, -0.1) is 0 Å². The lowest BCUT2D eigenvalue weighted by Crippen LogP contribution is -2.25. The van der Waals surface area contributed by atoms with Crippen LogP contribution in [0.25, 0.3) is 22.3 Å². The predicted octanol–water partition coefficient (Wildman–Crippen LogP) is 2.96. The van der Waals surface area contributed by atoms with E-state index in [1.165, 1.54) is 0 Å². The van der Waals surface area contributed by atoms with Gasteiger partial charge in [0.2, 0.25) is 0 Å². The number of hydrogen-bond acceptors (Lipinski definition) is 5. The molecule has 3 aromatic rings. The minimum absolute atomic E-state index is 0.0658. The van der Waals surface area contributed by atoms with Crippen LogP contribution in [0.3, 0.4) is 0 Å². The molecule has 1 aliphatic rings. The number of phenols is 1. The zero-order chi connectivity index (χ0) is 18.3. The summed E-state index contributed by atoms with van der Waals surface area (Å²) in [4.78, 5) is 23.5. The van der Waals surface area contributed by atoms with Gasteiger partial charge in [-0.05, 0) is 43.2 Å². The second kappa shape index (κ2) is 6.29. The summed E-state index contributed by atoms with van der Waals surface area (Å²) in [5.74, 6) is 1.23. The SMILES string of the molecule is CN(C)c1nc(-c2ccccc2O)nc2ccc(C(=O)NC3CC3)cc12. The first-order valence-corrected chi connectivity index (χ1v) is 8.61. The molecular weight excluding hydrogens is 328 g/mol. The number of aromatic hydroxyl groups is 1. The van der Waals surface area contributed by atoms with Crippen molar-refractivity contribution >= 4 is 22.6 Å². The summed E-state index contributed by atoms with van der Waals surface area (Å²) in [7, 11) is 3.79. The lowest BCUT2D eigenvalue weighted by atomic mass is 10.1. The summed E-state index contributed by atoms with van der Waals surface area (Å²) in [6.45, 7) is 0. The summed E-state index contributed by atoms with van der Waals surface area (Å²) in [5, 5.41) is 13.9. The molecule has 0 radical (unpaired) electrons. The van der Waals surface area contributed by atoms with Gasteiger partial charge >= 0.3 is 0 Å². The Morgan fingerprint density at radius 2 is 1.92 bits per heavy atom. The van der Waals surface area contributed by atoms with E-state index in [0.29, 0.717) is 28.8 Å². The first kappa shape index (κ1) is 16.3. The Bertz CT molecular complexity index is 996. The predicted molar refractivity (Wildman–Crippen MR) is 101 cm³/mol. The third kappa shape index (κ3) is 3.06. The molecule has 0 unspecified atom stereocenters. The molecular formula is C20H20N4O2. The summed E-state index contributed by atoms with van der Waals surface area (Å²) >= 11 is 0. The maximum absolute atomic E-state index is 12.4. The molecule has 4 rings (SSSR count). The molecule has 0 atom stereocenters. The van der Waals surface area contributed by atoms with Crippen LogP contribution in [0.15, 0.2) is 42.5 Å². The average molecular weight is 348 g/mol. The third-order valence-corrected chi connectivity index (χ3v) is 4.42. The molecule has 6 heteroatoms. The van der Waals surface area contributed by atoms with E-state index < -0.39 is 0 Å². The molecule has 0 spiro atoms. The molecule has 0 bridgehead atoms. The Labute approximate surface area is 151 Å². The largest absolute Gasteiger partial charge is 0.507 e. The fraction of sp³-hybridized carbons (Fsp3) is 0.250. The second-order valence-corrected chi connectivity index (χ2v) is 6.76. The highest BCUT2D eigenvalue weighted by Crippen LogP contribution is 2.31. The highest BCUT2D eigenvalue weighted by atomic mass is 16.3. The zero-order valence-electron chi connectivity index (χ0n) is 14.7. The Hall–Kier alpha value is -3.15. The topological polar surface area (TPSA) is 78.3 Å². The van der Waals surface area contributed by atoms with Crippen LogP contribution in [0.5, 0.6) is 5.75 Å². The van der Waals surface area contributed by atoms with Crippen molar-refractivity contribution in [3.8, 4) is 17.1 Å². The molecule has 1 amide bonds. The maximum atomic E-state index is 12.4. The van der Waals surface area contributed by atoms with E-state index in [1.54, 1.807) is 24.3 Å². The van der Waals surface area contributed by atoms with Crippen LogP contribution < -0.4 is 10.2 Å². The van der Waals surface area contributed by atoms with Crippen molar-refractivity contribution in [2.24, 2.45) is 0 Å². The molecule has 1 aromatic heterocycles. The Morgan fingerprint density at radius 3 is 2.62 bits per heavy atom. The fourth-order valence-electron chi connectivity index (χ4n) is 2.87. The van der Waals surface area contributed by atoms with Crippen molar-refractivity contribution in [2.45, 2.75) is 18.9 Å². The van der Waals surface area contributed by atoms with Gasteiger partial charge in [-0.25, -0.2) is 9.97 Å². The Morgan fingerprint density at radius 1 is 1.15 bits per heavy atom. The highest BCUT2D eigenvalue weighted by molar-refractivity contribution is 6.01. The molecule has 2 N–H and O–H groups in total. The monoisotopic (exact) mass is 348 g/mol. The number of hydrogen-bond donors (Lipinski definition) is 2. The first-order chi connectivity index (χ1) is 12.5. The van der Waals surface area contributed by atoms with E-state index in [1.807, 2.05) is 37.2 Å². The fourth-order valence-corrected chi connectivity index (χ4v) is 2.87. The number of benzene rings is 2. The number of nitrogens with zero attached hydrogens (tertiary/aromatic N) is 3. The normalized spacial score (nSPS) is 13.6. The van der Waals surface area contributed by atoms with Crippen LogP contribution in [-0.2, 0) is 0 Å². The van der Waals surface area contributed by atoms with Gasteiger partial charge in [-0.3, -0.25) is 4.79 Å². The van der Waals surface area contributed by atoms with Gasteiger partial charge < -0.3 is 15.3 Å². The van der Waals surface area contributed by atoms with E-state index in [0.717, 1.165) is 23.7 Å². The number of rotatable bonds is 4. The van der Waals surface area contributed by atoms with Crippen LogP contribution in [0.2, 0.25) is 0 Å². The quantitative estimate of drug-likeness (QED) is 0.758. The van der Waals surface area contributed by atoms with E-state index in [-0.39, 0.29) is 11.7 Å². The van der Waals surface area contributed by atoms with Gasteiger partial charge in [0.25, 0.3) is 5.91 Å². The average Bonchev–Trinajstić information content (AvgIpc) is 3.44. The van der Waals surface area contributed by atoms with Crippen LogP contribution in [0, 0.1) is 0 Å². The van der Waals surface area contributed by atoms with Crippen LogP contribution >= 0.6 is 0 Å². The molecule has 1 aliphatic carbocycles. The molecule has 1 heterocycles. The van der Waals surface area contributed by atoms with Gasteiger partial charge in [0.05, 0.1) is 11.1 Å². The van der Waals surface area contributed by atoms with Gasteiger partial charge in [0, 0.05) is 31.1 Å². The number of amides is 1.